The summed E-state index contributed by atoms with van der Waals surface area (Å²) >= 11 is 0. The number of fused-ring (bicyclic) bond motifs is 1. The molecule has 1 N–H and O–H groups in total. The average Bonchev–Trinajstić information content (AvgIpc) is 2.88. The zero-order valence-corrected chi connectivity index (χ0v) is 19.4. The fourth-order valence-electron chi connectivity index (χ4n) is 4.15. The van der Waals surface area contributed by atoms with E-state index in [0.717, 1.165) is 0 Å². The van der Waals surface area contributed by atoms with E-state index in [0.29, 0.717) is 48.6 Å². The van der Waals surface area contributed by atoms with Crippen molar-refractivity contribution in [3.8, 4) is 0 Å². The summed E-state index contributed by atoms with van der Waals surface area (Å²) in [6, 6.07) is 12.7. The van der Waals surface area contributed by atoms with Gasteiger partial charge in [-0.15, -0.1) is 12.4 Å². The molecule has 0 unspecified atom stereocenters. The van der Waals surface area contributed by atoms with Gasteiger partial charge in [0.15, 0.2) is 0 Å². The molecule has 5 rings (SSSR count). The molecule has 1 aliphatic heterocycles. The molecule has 0 aliphatic carbocycles. The lowest BCUT2D eigenvalue weighted by molar-refractivity contribution is 0.0741. The van der Waals surface area contributed by atoms with Crippen molar-refractivity contribution >= 4 is 35.2 Å². The molecule has 180 valence electrons. The Balaban J connectivity index is 0.00000289. The molecule has 1 fully saturated rings. The van der Waals surface area contributed by atoms with E-state index in [9.17, 15) is 18.8 Å². The fraction of sp³-hybridized carbons (Fsp3) is 0.208. The summed E-state index contributed by atoms with van der Waals surface area (Å²) in [4.78, 5) is 52.0. The number of para-hydroxylation sites is 1. The second-order valence-corrected chi connectivity index (χ2v) is 8.00. The largest absolute Gasteiger partial charge is 0.337 e. The number of carbonyl (C=O) groups excluding carboxylic acids is 1. The van der Waals surface area contributed by atoms with Crippen molar-refractivity contribution < 1.29 is 9.18 Å². The lowest BCUT2D eigenvalue weighted by atomic mass is 10.1. The average molecular weight is 497 g/mol. The van der Waals surface area contributed by atoms with Crippen LogP contribution in [0.5, 0.6) is 0 Å². The highest BCUT2D eigenvalue weighted by atomic mass is 35.5. The molecule has 0 atom stereocenters. The minimum Gasteiger partial charge on any atom is -0.337 e. The van der Waals surface area contributed by atoms with E-state index in [1.807, 2.05) is 4.90 Å². The summed E-state index contributed by atoms with van der Waals surface area (Å²) in [5, 5.41) is 0.376. The minimum absolute atomic E-state index is 0. The third-order valence-corrected chi connectivity index (χ3v) is 5.91. The molecule has 0 bridgehead atoms. The van der Waals surface area contributed by atoms with Crippen LogP contribution in [0, 0.1) is 5.82 Å². The molecule has 2 aromatic heterocycles. The van der Waals surface area contributed by atoms with Crippen molar-refractivity contribution in [3.63, 3.8) is 0 Å². The topological polar surface area (TPSA) is 104 Å². The van der Waals surface area contributed by atoms with E-state index in [2.05, 4.69) is 15.0 Å². The maximum Gasteiger partial charge on any atom is 0.329 e. The van der Waals surface area contributed by atoms with Crippen LogP contribution in [0.1, 0.15) is 15.9 Å². The van der Waals surface area contributed by atoms with Crippen molar-refractivity contribution in [2.75, 3.05) is 31.1 Å². The lowest BCUT2D eigenvalue weighted by Gasteiger charge is -2.34. The highest BCUT2D eigenvalue weighted by molar-refractivity contribution is 5.95. The molecule has 9 nitrogen and oxygen atoms in total. The number of amides is 1. The Hall–Kier alpha value is -4.05. The van der Waals surface area contributed by atoms with E-state index in [-0.39, 0.29) is 24.5 Å². The number of nitrogens with zero attached hydrogens (tertiary/aromatic N) is 5. The molecule has 1 amide bonds. The molecule has 2 aromatic carbocycles. The Kier molecular flexibility index (Phi) is 6.92. The predicted octanol–water partition coefficient (Wildman–Crippen LogP) is 2.05. The van der Waals surface area contributed by atoms with Gasteiger partial charge in [-0.2, -0.15) is 0 Å². The van der Waals surface area contributed by atoms with Crippen LogP contribution in [-0.4, -0.2) is 56.5 Å². The number of carbonyl (C=O) groups is 1. The third kappa shape index (κ3) is 4.78. The molecule has 35 heavy (non-hydrogen) atoms. The first-order valence-corrected chi connectivity index (χ1v) is 10.8. The fourth-order valence-corrected chi connectivity index (χ4v) is 4.15. The van der Waals surface area contributed by atoms with Gasteiger partial charge in [0.2, 0.25) is 5.95 Å². The Morgan fingerprint density at radius 1 is 0.971 bits per heavy atom. The van der Waals surface area contributed by atoms with Gasteiger partial charge in [-0.3, -0.25) is 19.1 Å². The molecule has 3 heterocycles. The second-order valence-electron chi connectivity index (χ2n) is 8.00. The Labute approximate surface area is 205 Å². The minimum atomic E-state index is -0.624. The van der Waals surface area contributed by atoms with Gasteiger partial charge in [0.05, 0.1) is 23.0 Å². The second kappa shape index (κ2) is 10.1. The maximum absolute atomic E-state index is 14.6. The van der Waals surface area contributed by atoms with E-state index in [1.54, 1.807) is 47.6 Å². The molecule has 1 aliphatic rings. The van der Waals surface area contributed by atoms with Crippen LogP contribution in [0.15, 0.2) is 70.5 Å². The number of hydrogen-bond acceptors (Lipinski definition) is 6. The van der Waals surface area contributed by atoms with Gasteiger partial charge in [-0.05, 0) is 35.9 Å². The SMILES string of the molecule is Cl.O=C(c1cc(Cn2c(=O)[nH]c(=O)c3ccccc32)ccc1F)N1CCN(c2ncccn2)CC1. The zero-order valence-electron chi connectivity index (χ0n) is 18.6. The monoisotopic (exact) mass is 496 g/mol. The molecule has 1 saturated heterocycles. The normalized spacial score (nSPS) is 13.5. The van der Waals surface area contributed by atoms with Crippen LogP contribution in [0.3, 0.4) is 0 Å². The first kappa shape index (κ1) is 24.1. The number of halogens is 2. The van der Waals surface area contributed by atoms with Crippen molar-refractivity contribution in [2.24, 2.45) is 0 Å². The number of hydrogen-bond donors (Lipinski definition) is 1. The van der Waals surface area contributed by atoms with Crippen LogP contribution in [-0.2, 0) is 6.54 Å². The maximum atomic E-state index is 14.6. The quantitative estimate of drug-likeness (QED) is 0.464. The van der Waals surface area contributed by atoms with Gasteiger partial charge >= 0.3 is 5.69 Å². The van der Waals surface area contributed by atoms with Gasteiger partial charge in [0.25, 0.3) is 11.5 Å². The highest BCUT2D eigenvalue weighted by Gasteiger charge is 2.25. The van der Waals surface area contributed by atoms with E-state index < -0.39 is 23.0 Å². The van der Waals surface area contributed by atoms with Gasteiger partial charge in [-0.25, -0.2) is 19.2 Å². The summed E-state index contributed by atoms with van der Waals surface area (Å²) in [6.45, 7) is 1.97. The van der Waals surface area contributed by atoms with Crippen LogP contribution >= 0.6 is 12.4 Å². The Morgan fingerprint density at radius 2 is 1.69 bits per heavy atom. The number of H-pyrrole nitrogens is 1. The zero-order chi connectivity index (χ0) is 23.7. The number of rotatable bonds is 4. The molecule has 0 spiro atoms. The summed E-state index contributed by atoms with van der Waals surface area (Å²) in [6.07, 6.45) is 3.33. The predicted molar refractivity (Wildman–Crippen MR) is 132 cm³/mol. The van der Waals surface area contributed by atoms with Crippen molar-refractivity contribution in [2.45, 2.75) is 6.54 Å². The standard InChI is InChI=1S/C24H21FN6O3.ClH/c25-19-7-6-16(15-31-20-5-2-1-4-17(20)21(32)28-24(31)34)14-18(19)22(33)29-10-12-30(13-11-29)23-26-8-3-9-27-23;/h1-9,14H,10-13,15H2,(H,28,32,34);1H. The molecular weight excluding hydrogens is 475 g/mol. The first-order chi connectivity index (χ1) is 16.5. The number of aromatic nitrogens is 4. The number of nitrogens with one attached hydrogen (secondary N) is 1. The lowest BCUT2D eigenvalue weighted by Crippen LogP contribution is -2.49. The molecule has 0 saturated carbocycles. The smallest absolute Gasteiger partial charge is 0.329 e. The number of piperazine rings is 1. The van der Waals surface area contributed by atoms with Gasteiger partial charge < -0.3 is 9.80 Å². The van der Waals surface area contributed by atoms with E-state index >= 15 is 0 Å². The number of benzene rings is 2. The summed E-state index contributed by atoms with van der Waals surface area (Å²) < 4.78 is 16.0. The summed E-state index contributed by atoms with van der Waals surface area (Å²) in [5.41, 5.74) is -0.0520. The van der Waals surface area contributed by atoms with Crippen molar-refractivity contribution in [1.82, 2.24) is 24.4 Å². The van der Waals surface area contributed by atoms with E-state index in [1.165, 1.54) is 22.8 Å². The van der Waals surface area contributed by atoms with Crippen LogP contribution in [0.2, 0.25) is 0 Å². The summed E-state index contributed by atoms with van der Waals surface area (Å²) in [5.74, 6) is -0.436. The van der Waals surface area contributed by atoms with Crippen LogP contribution in [0.25, 0.3) is 10.9 Å². The highest BCUT2D eigenvalue weighted by Crippen LogP contribution is 2.18. The molecular formula is C24H22ClFN6O3. The van der Waals surface area contributed by atoms with E-state index in [4.69, 9.17) is 0 Å². The molecule has 11 heteroatoms. The van der Waals surface area contributed by atoms with Gasteiger partial charge in [0, 0.05) is 38.6 Å². The first-order valence-electron chi connectivity index (χ1n) is 10.8. The number of anilines is 1. The molecule has 4 aromatic rings. The van der Waals surface area contributed by atoms with Crippen molar-refractivity contribution in [1.29, 1.82) is 0 Å². The third-order valence-electron chi connectivity index (χ3n) is 5.91. The summed E-state index contributed by atoms with van der Waals surface area (Å²) in [7, 11) is 0. The van der Waals surface area contributed by atoms with Gasteiger partial charge in [-0.1, -0.05) is 18.2 Å². The Morgan fingerprint density at radius 3 is 2.43 bits per heavy atom. The van der Waals surface area contributed by atoms with Gasteiger partial charge in [0.1, 0.15) is 5.82 Å². The van der Waals surface area contributed by atoms with Crippen molar-refractivity contribution in [3.05, 3.63) is 98.7 Å². The molecule has 0 radical (unpaired) electrons. The Bertz CT molecular complexity index is 1480. The van der Waals surface area contributed by atoms with Crippen LogP contribution < -0.4 is 16.1 Å². The number of aromatic amines is 1. The van der Waals surface area contributed by atoms with Crippen LogP contribution in [0.4, 0.5) is 10.3 Å².